The van der Waals surface area contributed by atoms with E-state index in [1.54, 1.807) is 0 Å². The van der Waals surface area contributed by atoms with Crippen molar-refractivity contribution in [2.24, 2.45) is 0 Å². The molecule has 0 N–H and O–H groups in total. The number of aromatic nitrogens is 7. The molecule has 7 heterocycles. The van der Waals surface area contributed by atoms with Crippen LogP contribution in [0, 0.1) is 0 Å². The number of rotatable bonds is 4. The summed E-state index contributed by atoms with van der Waals surface area (Å²) < 4.78 is 9.15. The molecule has 7 heteroatoms. The number of pyridine rings is 3. The van der Waals surface area contributed by atoms with E-state index in [-0.39, 0.29) is 0 Å². The van der Waals surface area contributed by atoms with Gasteiger partial charge in [0.1, 0.15) is 22.9 Å². The maximum absolute atomic E-state index is 5.46. The molecule has 0 aliphatic carbocycles. The Kier molecular flexibility index (Phi) is 6.32. The Hall–Kier alpha value is -8.03. The zero-order valence-corrected chi connectivity index (χ0v) is 31.0. The predicted molar refractivity (Wildman–Crippen MR) is 237 cm³/mol. The van der Waals surface area contributed by atoms with Gasteiger partial charge < -0.3 is 0 Å². The molecule has 0 fully saturated rings. The average molecular weight is 742 g/mol. The Balaban J connectivity index is 1.00. The van der Waals surface area contributed by atoms with E-state index < -0.39 is 0 Å². The maximum atomic E-state index is 5.46. The zero-order valence-electron chi connectivity index (χ0n) is 31.0. The van der Waals surface area contributed by atoms with Crippen molar-refractivity contribution < 1.29 is 0 Å². The molecule has 7 aromatic heterocycles. The minimum Gasteiger partial charge on any atom is -0.294 e. The number of hydrogen-bond acceptors (Lipinski definition) is 3. The minimum atomic E-state index is 0.855. The standard InChI is InChI=1S/C51H31N7/c1-5-18-42-34(12-1)38-16-10-28-52-50(38)55(42)32-24-26-46-40(30-32)36-14-3-7-20-44(36)57(46)48-22-9-23-49(54-48)58-45-21-8-4-15-37(45)41-31-33(25-27-47(41)58)56-43-19-6-2-13-35(43)39-17-11-29-53-51(39)56/h1-31H. The largest absolute Gasteiger partial charge is 0.294 e. The Morgan fingerprint density at radius 2 is 0.638 bits per heavy atom. The molecular formula is C51H31N7. The van der Waals surface area contributed by atoms with Gasteiger partial charge in [-0.3, -0.25) is 18.3 Å². The highest BCUT2D eigenvalue weighted by Crippen LogP contribution is 2.39. The molecule has 0 atom stereocenters. The van der Waals surface area contributed by atoms with E-state index in [1.807, 2.05) is 24.5 Å². The van der Waals surface area contributed by atoms with E-state index in [4.69, 9.17) is 15.0 Å². The third-order valence-electron chi connectivity index (χ3n) is 11.9. The summed E-state index contributed by atoms with van der Waals surface area (Å²) in [5.41, 5.74) is 10.7. The van der Waals surface area contributed by atoms with E-state index in [2.05, 4.69) is 182 Å². The molecule has 0 amide bonds. The van der Waals surface area contributed by atoms with Crippen LogP contribution in [0.1, 0.15) is 0 Å². The summed E-state index contributed by atoms with van der Waals surface area (Å²) >= 11 is 0. The lowest BCUT2D eigenvalue weighted by atomic mass is 10.1. The summed E-state index contributed by atoms with van der Waals surface area (Å²) in [7, 11) is 0. The van der Waals surface area contributed by atoms with Gasteiger partial charge in [0.2, 0.25) is 0 Å². The maximum Gasteiger partial charge on any atom is 0.145 e. The Morgan fingerprint density at radius 3 is 1.09 bits per heavy atom. The lowest BCUT2D eigenvalue weighted by Crippen LogP contribution is -2.03. The lowest BCUT2D eigenvalue weighted by molar-refractivity contribution is 1.01. The summed E-state index contributed by atoms with van der Waals surface area (Å²) in [4.78, 5) is 15.2. The van der Waals surface area contributed by atoms with Crippen molar-refractivity contribution >= 4 is 87.5 Å². The Bertz CT molecular complexity index is 3470. The van der Waals surface area contributed by atoms with Crippen LogP contribution in [-0.4, -0.2) is 33.2 Å². The fourth-order valence-electron chi connectivity index (χ4n) is 9.47. The summed E-state index contributed by atoms with van der Waals surface area (Å²) in [5.74, 6) is 1.71. The van der Waals surface area contributed by atoms with Crippen LogP contribution in [0.15, 0.2) is 188 Å². The topological polar surface area (TPSA) is 58.4 Å². The van der Waals surface area contributed by atoms with Crippen LogP contribution >= 0.6 is 0 Å². The molecule has 6 aromatic carbocycles. The average Bonchev–Trinajstić information content (AvgIpc) is 4.01. The van der Waals surface area contributed by atoms with Crippen molar-refractivity contribution in [3.8, 4) is 23.0 Å². The lowest BCUT2D eigenvalue weighted by Gasteiger charge is -2.12. The third-order valence-corrected chi connectivity index (χ3v) is 11.9. The van der Waals surface area contributed by atoms with Gasteiger partial charge in [-0.05, 0) is 97.1 Å². The van der Waals surface area contributed by atoms with Gasteiger partial charge in [-0.1, -0.05) is 78.9 Å². The van der Waals surface area contributed by atoms with Crippen LogP contribution in [-0.2, 0) is 0 Å². The first kappa shape index (κ1) is 31.2. The van der Waals surface area contributed by atoms with E-state index in [0.717, 1.165) is 88.9 Å². The number of para-hydroxylation sites is 4. The van der Waals surface area contributed by atoms with Crippen molar-refractivity contribution in [2.75, 3.05) is 0 Å². The SMILES string of the molecule is c1cc(-n2c3ccccc3c3cc(-n4c5ccccc5c5cccnc54)ccc32)nc(-n2c3ccccc3c3cc(-n4c5ccccc5c5cccnc54)ccc32)c1. The molecule has 0 unspecified atom stereocenters. The van der Waals surface area contributed by atoms with Crippen LogP contribution in [0.3, 0.4) is 0 Å². The second kappa shape index (κ2) is 11.7. The molecule has 0 aliphatic heterocycles. The highest BCUT2D eigenvalue weighted by atomic mass is 15.1. The van der Waals surface area contributed by atoms with Crippen molar-refractivity contribution in [3.05, 3.63) is 188 Å². The molecule has 7 nitrogen and oxygen atoms in total. The summed E-state index contributed by atoms with van der Waals surface area (Å²) in [6.45, 7) is 0. The summed E-state index contributed by atoms with van der Waals surface area (Å²) in [6, 6.07) is 62.5. The van der Waals surface area contributed by atoms with Crippen LogP contribution < -0.4 is 0 Å². The highest BCUT2D eigenvalue weighted by molar-refractivity contribution is 6.13. The molecule has 0 spiro atoms. The number of benzene rings is 6. The minimum absolute atomic E-state index is 0.855. The van der Waals surface area contributed by atoms with Crippen molar-refractivity contribution in [2.45, 2.75) is 0 Å². The molecule has 58 heavy (non-hydrogen) atoms. The summed E-state index contributed by atoms with van der Waals surface area (Å²) in [5, 5.41) is 9.34. The van der Waals surface area contributed by atoms with Gasteiger partial charge in [-0.2, -0.15) is 0 Å². The second-order valence-corrected chi connectivity index (χ2v) is 14.9. The predicted octanol–water partition coefficient (Wildman–Crippen LogP) is 12.3. The van der Waals surface area contributed by atoms with Crippen LogP contribution in [0.4, 0.5) is 0 Å². The molecule has 0 radical (unpaired) electrons. The second-order valence-electron chi connectivity index (χ2n) is 14.9. The van der Waals surface area contributed by atoms with E-state index in [9.17, 15) is 0 Å². The van der Waals surface area contributed by atoms with Crippen molar-refractivity contribution in [1.82, 2.24) is 33.2 Å². The van der Waals surface area contributed by atoms with Gasteiger partial charge in [0.05, 0.1) is 33.1 Å². The fourth-order valence-corrected chi connectivity index (χ4v) is 9.47. The van der Waals surface area contributed by atoms with E-state index in [0.29, 0.717) is 0 Å². The van der Waals surface area contributed by atoms with Gasteiger partial charge in [-0.25, -0.2) is 15.0 Å². The monoisotopic (exact) mass is 741 g/mol. The van der Waals surface area contributed by atoms with E-state index >= 15 is 0 Å². The highest BCUT2D eigenvalue weighted by Gasteiger charge is 2.20. The van der Waals surface area contributed by atoms with Crippen molar-refractivity contribution in [3.63, 3.8) is 0 Å². The normalized spacial score (nSPS) is 12.1. The number of nitrogens with zero attached hydrogens (tertiary/aromatic N) is 7. The Labute approximate surface area is 330 Å². The van der Waals surface area contributed by atoms with Gasteiger partial charge in [-0.15, -0.1) is 0 Å². The molecule has 0 saturated carbocycles. The van der Waals surface area contributed by atoms with Gasteiger partial charge in [0.15, 0.2) is 0 Å². The van der Waals surface area contributed by atoms with Gasteiger partial charge >= 0.3 is 0 Å². The molecular weight excluding hydrogens is 711 g/mol. The third kappa shape index (κ3) is 4.24. The van der Waals surface area contributed by atoms with Crippen LogP contribution in [0.25, 0.3) is 110 Å². The first-order valence-electron chi connectivity index (χ1n) is 19.5. The molecule has 0 saturated heterocycles. The van der Waals surface area contributed by atoms with E-state index in [1.165, 1.54) is 21.5 Å². The molecule has 270 valence electrons. The first-order chi connectivity index (χ1) is 28.8. The van der Waals surface area contributed by atoms with Crippen LogP contribution in [0.5, 0.6) is 0 Å². The first-order valence-corrected chi connectivity index (χ1v) is 19.5. The Morgan fingerprint density at radius 1 is 0.276 bits per heavy atom. The molecule has 0 aliphatic rings. The quantitative estimate of drug-likeness (QED) is 0.180. The number of hydrogen-bond donors (Lipinski definition) is 0. The molecule has 13 aromatic rings. The van der Waals surface area contributed by atoms with Crippen molar-refractivity contribution in [1.29, 1.82) is 0 Å². The van der Waals surface area contributed by atoms with Gasteiger partial charge in [0.25, 0.3) is 0 Å². The fraction of sp³-hybridized carbons (Fsp3) is 0. The zero-order chi connectivity index (χ0) is 37.9. The number of fused-ring (bicyclic) bond motifs is 12. The molecule has 13 rings (SSSR count). The van der Waals surface area contributed by atoms with Crippen LogP contribution in [0.2, 0.25) is 0 Å². The summed E-state index contributed by atoms with van der Waals surface area (Å²) in [6.07, 6.45) is 3.75. The van der Waals surface area contributed by atoms with Gasteiger partial charge in [0, 0.05) is 66.9 Å². The smallest absolute Gasteiger partial charge is 0.145 e. The molecule has 0 bridgehead atoms.